The fraction of sp³-hybridized carbons (Fsp3) is 0.222. The quantitative estimate of drug-likeness (QED) is 0.839. The molecule has 106 valence electrons. The highest BCUT2D eigenvalue weighted by atomic mass is 16.2. The van der Waals surface area contributed by atoms with Crippen LogP contribution in [0.3, 0.4) is 0 Å². The van der Waals surface area contributed by atoms with E-state index in [1.807, 2.05) is 42.4 Å². The van der Waals surface area contributed by atoms with E-state index in [-0.39, 0.29) is 5.91 Å². The predicted molar refractivity (Wildman–Crippen MR) is 86.1 cm³/mol. The van der Waals surface area contributed by atoms with Gasteiger partial charge in [-0.05, 0) is 48.2 Å². The topological polar surface area (TPSA) is 33.2 Å². The van der Waals surface area contributed by atoms with Gasteiger partial charge in [-0.25, -0.2) is 0 Å². The van der Waals surface area contributed by atoms with Crippen molar-refractivity contribution in [3.63, 3.8) is 0 Å². The number of benzene rings is 1. The molecule has 0 spiro atoms. The van der Waals surface area contributed by atoms with Gasteiger partial charge in [-0.15, -0.1) is 0 Å². The number of hydrogen-bond acceptors (Lipinski definition) is 2. The van der Waals surface area contributed by atoms with E-state index < -0.39 is 0 Å². The van der Waals surface area contributed by atoms with Crippen molar-refractivity contribution in [2.75, 3.05) is 11.4 Å². The summed E-state index contributed by atoms with van der Waals surface area (Å²) in [7, 11) is 0. The maximum absolute atomic E-state index is 11.6. The monoisotopic (exact) mass is 278 g/mol. The van der Waals surface area contributed by atoms with Gasteiger partial charge in [0.05, 0.1) is 0 Å². The summed E-state index contributed by atoms with van der Waals surface area (Å²) < 4.78 is 0. The van der Waals surface area contributed by atoms with E-state index >= 15 is 0 Å². The summed E-state index contributed by atoms with van der Waals surface area (Å²) in [5, 5.41) is 0. The average Bonchev–Trinajstić information content (AvgIpc) is 2.91. The number of carbonyl (C=O) groups excluding carboxylic acids is 1. The van der Waals surface area contributed by atoms with Crippen molar-refractivity contribution in [2.24, 2.45) is 0 Å². The molecule has 1 aliphatic rings. The molecule has 21 heavy (non-hydrogen) atoms. The number of aromatic nitrogens is 1. The van der Waals surface area contributed by atoms with E-state index in [0.29, 0.717) is 0 Å². The number of allylic oxidation sites excluding steroid dienone is 1. The van der Waals surface area contributed by atoms with Crippen LogP contribution in [0.25, 0.3) is 17.2 Å². The van der Waals surface area contributed by atoms with Gasteiger partial charge in [0.15, 0.2) is 0 Å². The second-order valence-electron chi connectivity index (χ2n) is 5.27. The normalized spacial score (nSPS) is 13.7. The lowest BCUT2D eigenvalue weighted by Gasteiger charge is -2.15. The van der Waals surface area contributed by atoms with Gasteiger partial charge in [0, 0.05) is 37.1 Å². The van der Waals surface area contributed by atoms with Crippen LogP contribution in [0, 0.1) is 0 Å². The predicted octanol–water partition coefficient (Wildman–Crippen LogP) is 3.69. The van der Waals surface area contributed by atoms with Crippen LogP contribution in [0.1, 0.15) is 25.0 Å². The minimum absolute atomic E-state index is 0.109. The number of pyridine rings is 1. The highest BCUT2D eigenvalue weighted by molar-refractivity contribution is 5.94. The van der Waals surface area contributed by atoms with Crippen molar-refractivity contribution in [2.45, 2.75) is 20.3 Å². The number of fused-ring (bicyclic) bond motifs is 1. The lowest BCUT2D eigenvalue weighted by Crippen LogP contribution is -2.25. The molecule has 3 nitrogen and oxygen atoms in total. The minimum atomic E-state index is 0.109. The summed E-state index contributed by atoms with van der Waals surface area (Å²) in [5.41, 5.74) is 5.64. The van der Waals surface area contributed by atoms with Crippen LogP contribution in [0.5, 0.6) is 0 Å². The first kappa shape index (κ1) is 13.6. The summed E-state index contributed by atoms with van der Waals surface area (Å²) in [6, 6.07) is 8.42. The van der Waals surface area contributed by atoms with Crippen LogP contribution in [0.4, 0.5) is 5.69 Å². The zero-order valence-electron chi connectivity index (χ0n) is 12.3. The van der Waals surface area contributed by atoms with E-state index in [1.165, 1.54) is 5.56 Å². The van der Waals surface area contributed by atoms with Gasteiger partial charge in [-0.1, -0.05) is 18.2 Å². The SMILES string of the molecule is CC=Cc1cncc(-c2ccc3c(c2)CCN3C(C)=O)c1. The Kier molecular flexibility index (Phi) is 3.57. The number of carbonyl (C=O) groups is 1. The molecule has 3 heteroatoms. The Hall–Kier alpha value is -2.42. The molecule has 0 saturated heterocycles. The van der Waals surface area contributed by atoms with Crippen molar-refractivity contribution in [3.05, 3.63) is 53.9 Å². The summed E-state index contributed by atoms with van der Waals surface area (Å²) in [5.74, 6) is 0.109. The van der Waals surface area contributed by atoms with Gasteiger partial charge in [0.2, 0.25) is 5.91 Å². The highest BCUT2D eigenvalue weighted by Gasteiger charge is 2.22. The summed E-state index contributed by atoms with van der Waals surface area (Å²) >= 11 is 0. The van der Waals surface area contributed by atoms with E-state index in [1.54, 1.807) is 6.92 Å². The molecule has 1 aromatic carbocycles. The Labute approximate surface area is 124 Å². The lowest BCUT2D eigenvalue weighted by atomic mass is 10.0. The van der Waals surface area contributed by atoms with Crippen molar-refractivity contribution in [1.29, 1.82) is 0 Å². The number of nitrogens with zero attached hydrogens (tertiary/aromatic N) is 2. The Morgan fingerprint density at radius 1 is 1.24 bits per heavy atom. The zero-order chi connectivity index (χ0) is 14.8. The number of anilines is 1. The van der Waals surface area contributed by atoms with Crippen molar-refractivity contribution >= 4 is 17.7 Å². The second-order valence-corrected chi connectivity index (χ2v) is 5.27. The van der Waals surface area contributed by atoms with Crippen molar-refractivity contribution < 1.29 is 4.79 Å². The second kappa shape index (κ2) is 5.52. The molecule has 3 rings (SSSR count). The third-order valence-electron chi connectivity index (χ3n) is 3.81. The Bertz CT molecular complexity index is 719. The molecule has 1 aromatic heterocycles. The molecule has 1 aliphatic heterocycles. The smallest absolute Gasteiger partial charge is 0.223 e. The largest absolute Gasteiger partial charge is 0.312 e. The fourth-order valence-corrected chi connectivity index (χ4v) is 2.81. The molecule has 0 radical (unpaired) electrons. The summed E-state index contributed by atoms with van der Waals surface area (Å²) in [4.78, 5) is 17.7. The Morgan fingerprint density at radius 3 is 2.86 bits per heavy atom. The van der Waals surface area contributed by atoms with Crippen LogP contribution in [-0.4, -0.2) is 17.4 Å². The van der Waals surface area contributed by atoms with Gasteiger partial charge in [-0.2, -0.15) is 0 Å². The molecule has 2 heterocycles. The van der Waals surface area contributed by atoms with Crippen LogP contribution >= 0.6 is 0 Å². The van der Waals surface area contributed by atoms with Gasteiger partial charge >= 0.3 is 0 Å². The third kappa shape index (κ3) is 2.59. The van der Waals surface area contributed by atoms with Crippen LogP contribution in [0.15, 0.2) is 42.7 Å². The van der Waals surface area contributed by atoms with E-state index in [2.05, 4.69) is 23.2 Å². The molecule has 2 aromatic rings. The molecular weight excluding hydrogens is 260 g/mol. The van der Waals surface area contributed by atoms with E-state index in [9.17, 15) is 4.79 Å². The number of rotatable bonds is 2. The Morgan fingerprint density at radius 2 is 2.10 bits per heavy atom. The molecule has 1 amide bonds. The molecular formula is C18H18N2O. The summed E-state index contributed by atoms with van der Waals surface area (Å²) in [6.07, 6.45) is 8.71. The van der Waals surface area contributed by atoms with Crippen LogP contribution < -0.4 is 4.90 Å². The first-order chi connectivity index (χ1) is 10.2. The molecule has 0 bridgehead atoms. The van der Waals surface area contributed by atoms with Crippen LogP contribution in [0.2, 0.25) is 0 Å². The van der Waals surface area contributed by atoms with Crippen molar-refractivity contribution in [1.82, 2.24) is 4.98 Å². The number of amides is 1. The van der Waals surface area contributed by atoms with E-state index in [4.69, 9.17) is 0 Å². The van der Waals surface area contributed by atoms with Gasteiger partial charge in [-0.3, -0.25) is 9.78 Å². The first-order valence-corrected chi connectivity index (χ1v) is 7.18. The van der Waals surface area contributed by atoms with Gasteiger partial charge in [0.1, 0.15) is 0 Å². The number of hydrogen-bond donors (Lipinski definition) is 0. The lowest BCUT2D eigenvalue weighted by molar-refractivity contribution is -0.116. The summed E-state index contributed by atoms with van der Waals surface area (Å²) in [6.45, 7) is 4.40. The standard InChI is InChI=1S/C18H18N2O/c1-3-4-14-9-17(12-19-11-14)15-5-6-18-16(10-15)7-8-20(18)13(2)21/h3-6,9-12H,7-8H2,1-2H3. The highest BCUT2D eigenvalue weighted by Crippen LogP contribution is 2.32. The van der Waals surface area contributed by atoms with Gasteiger partial charge < -0.3 is 4.90 Å². The molecule has 0 aliphatic carbocycles. The molecule has 0 fully saturated rings. The first-order valence-electron chi connectivity index (χ1n) is 7.18. The third-order valence-corrected chi connectivity index (χ3v) is 3.81. The van der Waals surface area contributed by atoms with E-state index in [0.717, 1.165) is 35.3 Å². The fourth-order valence-electron chi connectivity index (χ4n) is 2.81. The zero-order valence-corrected chi connectivity index (χ0v) is 12.3. The molecule has 0 N–H and O–H groups in total. The molecule has 0 unspecified atom stereocenters. The Balaban J connectivity index is 1.98. The van der Waals surface area contributed by atoms with Crippen molar-refractivity contribution in [3.8, 4) is 11.1 Å². The minimum Gasteiger partial charge on any atom is -0.312 e. The van der Waals surface area contributed by atoms with Crippen LogP contribution in [-0.2, 0) is 11.2 Å². The maximum Gasteiger partial charge on any atom is 0.223 e. The molecule has 0 saturated carbocycles. The van der Waals surface area contributed by atoms with Gasteiger partial charge in [0.25, 0.3) is 0 Å². The maximum atomic E-state index is 11.6. The average molecular weight is 278 g/mol. The molecule has 0 atom stereocenters.